The number of amides is 3. The van der Waals surface area contributed by atoms with E-state index >= 15 is 0 Å². The third kappa shape index (κ3) is 11.8. The molecule has 0 bridgehead atoms. The lowest BCUT2D eigenvalue weighted by molar-refractivity contribution is -0.131. The molecule has 34 heavy (non-hydrogen) atoms. The van der Waals surface area contributed by atoms with Crippen LogP contribution < -0.4 is 21.7 Å². The maximum atomic E-state index is 13.1. The van der Waals surface area contributed by atoms with E-state index in [1.165, 1.54) is 0 Å². The predicted molar refractivity (Wildman–Crippen MR) is 131 cm³/mol. The van der Waals surface area contributed by atoms with Crippen molar-refractivity contribution >= 4 is 24.2 Å². The monoisotopic (exact) mass is 476 g/mol. The molecule has 9 nitrogen and oxygen atoms in total. The zero-order valence-electron chi connectivity index (χ0n) is 20.7. The second-order valence-corrected chi connectivity index (χ2v) is 9.26. The summed E-state index contributed by atoms with van der Waals surface area (Å²) in [6.45, 7) is 8.22. The maximum Gasteiger partial charge on any atom is 0.408 e. The van der Waals surface area contributed by atoms with E-state index in [1.54, 1.807) is 0 Å². The van der Waals surface area contributed by atoms with E-state index in [4.69, 9.17) is 10.5 Å². The van der Waals surface area contributed by atoms with Crippen LogP contribution in [0.15, 0.2) is 30.3 Å². The Labute approximate surface area is 202 Å². The second-order valence-electron chi connectivity index (χ2n) is 9.26. The van der Waals surface area contributed by atoms with Gasteiger partial charge in [0, 0.05) is 0 Å². The minimum Gasteiger partial charge on any atom is -0.445 e. The standard InChI is InChI=1S/C25H40N4O5/c1-17(2)13-21(23(31)27-20(15-30)11-8-12-26)28-24(32)22(14-18(3)4)29-25(33)34-16-19-9-6-5-7-10-19/h5-7,9-10,15,17-18,20-22H,8,11-14,16,26H2,1-4H3,(H,27,31)(H,28,32)(H,29,33). The van der Waals surface area contributed by atoms with Gasteiger partial charge in [0.25, 0.3) is 0 Å². The molecule has 0 aliphatic carbocycles. The summed E-state index contributed by atoms with van der Waals surface area (Å²) in [7, 11) is 0. The van der Waals surface area contributed by atoms with E-state index in [-0.39, 0.29) is 18.4 Å². The quantitative estimate of drug-likeness (QED) is 0.286. The highest BCUT2D eigenvalue weighted by Gasteiger charge is 2.29. The summed E-state index contributed by atoms with van der Waals surface area (Å²) < 4.78 is 5.25. The summed E-state index contributed by atoms with van der Waals surface area (Å²) in [5, 5.41) is 8.06. The molecule has 0 radical (unpaired) electrons. The Morgan fingerprint density at radius 2 is 1.47 bits per heavy atom. The van der Waals surface area contributed by atoms with Gasteiger partial charge in [0.2, 0.25) is 11.8 Å². The van der Waals surface area contributed by atoms with E-state index in [9.17, 15) is 19.2 Å². The summed E-state index contributed by atoms with van der Waals surface area (Å²) in [5.74, 6) is -0.692. The predicted octanol–water partition coefficient (Wildman–Crippen LogP) is 2.28. The van der Waals surface area contributed by atoms with Crippen molar-refractivity contribution in [3.05, 3.63) is 35.9 Å². The summed E-state index contributed by atoms with van der Waals surface area (Å²) in [5.41, 5.74) is 6.32. The lowest BCUT2D eigenvalue weighted by Gasteiger charge is -2.26. The fraction of sp³-hybridized carbons (Fsp3) is 0.600. The number of hydrogen-bond donors (Lipinski definition) is 4. The van der Waals surface area contributed by atoms with Gasteiger partial charge in [-0.2, -0.15) is 0 Å². The Morgan fingerprint density at radius 1 is 0.912 bits per heavy atom. The molecule has 3 unspecified atom stereocenters. The zero-order valence-corrected chi connectivity index (χ0v) is 20.7. The van der Waals surface area contributed by atoms with Crippen LogP contribution >= 0.6 is 0 Å². The van der Waals surface area contributed by atoms with Gasteiger partial charge in [0.1, 0.15) is 25.0 Å². The largest absolute Gasteiger partial charge is 0.445 e. The van der Waals surface area contributed by atoms with Crippen molar-refractivity contribution in [2.24, 2.45) is 17.6 Å². The first kappa shape index (κ1) is 29.1. The van der Waals surface area contributed by atoms with Gasteiger partial charge in [-0.15, -0.1) is 0 Å². The Kier molecular flexibility index (Phi) is 13.5. The van der Waals surface area contributed by atoms with E-state index in [0.717, 1.165) is 5.56 Å². The highest BCUT2D eigenvalue weighted by molar-refractivity contribution is 5.92. The van der Waals surface area contributed by atoms with Crippen molar-refractivity contribution in [2.75, 3.05) is 6.54 Å². The molecule has 190 valence electrons. The van der Waals surface area contributed by atoms with Crippen LogP contribution in [0, 0.1) is 11.8 Å². The van der Waals surface area contributed by atoms with Crippen molar-refractivity contribution in [2.45, 2.75) is 78.1 Å². The van der Waals surface area contributed by atoms with Crippen molar-refractivity contribution in [1.29, 1.82) is 0 Å². The third-order valence-electron chi connectivity index (χ3n) is 5.08. The number of carbonyl (C=O) groups is 4. The summed E-state index contributed by atoms with van der Waals surface area (Å²) >= 11 is 0. The van der Waals surface area contributed by atoms with Gasteiger partial charge in [0.05, 0.1) is 6.04 Å². The molecule has 0 saturated carbocycles. The minimum atomic E-state index is -0.871. The molecule has 5 N–H and O–H groups in total. The molecule has 0 heterocycles. The number of alkyl carbamates (subject to hydrolysis) is 1. The van der Waals surface area contributed by atoms with Gasteiger partial charge < -0.3 is 31.2 Å². The molecule has 0 aliphatic heterocycles. The summed E-state index contributed by atoms with van der Waals surface area (Å²) in [4.78, 5) is 49.6. The molecular formula is C25H40N4O5. The highest BCUT2D eigenvalue weighted by Crippen LogP contribution is 2.10. The molecule has 1 rings (SSSR count). The Hall–Kier alpha value is -2.94. The topological polar surface area (TPSA) is 140 Å². The van der Waals surface area contributed by atoms with Crippen LogP contribution in [0.3, 0.4) is 0 Å². The molecular weight excluding hydrogens is 436 g/mol. The van der Waals surface area contributed by atoms with Gasteiger partial charge in [-0.05, 0) is 49.6 Å². The third-order valence-corrected chi connectivity index (χ3v) is 5.08. The van der Waals surface area contributed by atoms with Gasteiger partial charge in [-0.1, -0.05) is 58.0 Å². The lowest BCUT2D eigenvalue weighted by Crippen LogP contribution is -2.55. The lowest BCUT2D eigenvalue weighted by atomic mass is 10.00. The van der Waals surface area contributed by atoms with E-state index in [2.05, 4.69) is 16.0 Å². The number of hydrogen-bond acceptors (Lipinski definition) is 6. The molecule has 3 amide bonds. The minimum absolute atomic E-state index is 0.0803. The van der Waals surface area contributed by atoms with Crippen molar-refractivity contribution in [3.63, 3.8) is 0 Å². The van der Waals surface area contributed by atoms with Crippen LogP contribution in [0.4, 0.5) is 4.79 Å². The van der Waals surface area contributed by atoms with Crippen molar-refractivity contribution in [3.8, 4) is 0 Å². The van der Waals surface area contributed by atoms with Gasteiger partial charge in [-0.3, -0.25) is 9.59 Å². The zero-order chi connectivity index (χ0) is 25.5. The number of carbonyl (C=O) groups excluding carboxylic acids is 4. The smallest absolute Gasteiger partial charge is 0.408 e. The Balaban J connectivity index is 2.82. The average molecular weight is 477 g/mol. The second kappa shape index (κ2) is 15.8. The van der Waals surface area contributed by atoms with Gasteiger partial charge in [-0.25, -0.2) is 4.79 Å². The number of benzene rings is 1. The molecule has 9 heteroatoms. The molecule has 3 atom stereocenters. The molecule has 0 fully saturated rings. The molecule has 0 aliphatic rings. The Morgan fingerprint density at radius 3 is 2.00 bits per heavy atom. The fourth-order valence-electron chi connectivity index (χ4n) is 3.38. The van der Waals surface area contributed by atoms with Crippen molar-refractivity contribution in [1.82, 2.24) is 16.0 Å². The summed E-state index contributed by atoms with van der Waals surface area (Å²) in [6.07, 6.45) is 1.74. The van der Waals surface area contributed by atoms with Crippen LogP contribution in [-0.4, -0.2) is 48.9 Å². The normalized spacial score (nSPS) is 13.6. The van der Waals surface area contributed by atoms with Crippen LogP contribution in [0.25, 0.3) is 0 Å². The van der Waals surface area contributed by atoms with Gasteiger partial charge >= 0.3 is 6.09 Å². The Bertz CT molecular complexity index is 770. The fourth-order valence-corrected chi connectivity index (χ4v) is 3.38. The van der Waals surface area contributed by atoms with E-state index in [0.29, 0.717) is 38.5 Å². The SMILES string of the molecule is CC(C)CC(NC(=O)OCc1ccccc1)C(=O)NC(CC(C)C)C(=O)NC(C=O)CCCN. The first-order valence-corrected chi connectivity index (χ1v) is 11.9. The number of ether oxygens (including phenoxy) is 1. The molecule has 1 aromatic rings. The van der Waals surface area contributed by atoms with Crippen LogP contribution in [0.5, 0.6) is 0 Å². The number of nitrogens with two attached hydrogens (primary N) is 1. The van der Waals surface area contributed by atoms with Crippen LogP contribution in [0.1, 0.15) is 58.9 Å². The van der Waals surface area contributed by atoms with Crippen molar-refractivity contribution < 1.29 is 23.9 Å². The van der Waals surface area contributed by atoms with E-state index in [1.807, 2.05) is 58.0 Å². The molecule has 1 aromatic carbocycles. The molecule has 0 aromatic heterocycles. The summed E-state index contributed by atoms with van der Waals surface area (Å²) in [6, 6.07) is 6.84. The maximum absolute atomic E-state index is 13.1. The average Bonchev–Trinajstić information content (AvgIpc) is 2.79. The number of nitrogens with one attached hydrogen (secondary N) is 3. The van der Waals surface area contributed by atoms with Gasteiger partial charge in [0.15, 0.2) is 0 Å². The number of aldehydes is 1. The molecule has 0 spiro atoms. The number of rotatable bonds is 15. The van der Waals surface area contributed by atoms with Crippen LogP contribution in [0.2, 0.25) is 0 Å². The van der Waals surface area contributed by atoms with Crippen LogP contribution in [-0.2, 0) is 25.7 Å². The first-order valence-electron chi connectivity index (χ1n) is 11.9. The first-order chi connectivity index (χ1) is 16.2. The highest BCUT2D eigenvalue weighted by atomic mass is 16.5. The van der Waals surface area contributed by atoms with E-state index < -0.39 is 36.0 Å². The molecule has 0 saturated heterocycles.